The van der Waals surface area contributed by atoms with Crippen molar-refractivity contribution in [1.82, 2.24) is 60.0 Å². The van der Waals surface area contributed by atoms with Crippen LogP contribution >= 0.6 is 0 Å². The lowest BCUT2D eigenvalue weighted by Gasteiger charge is -2.42. The molecule has 7 aliphatic rings. The minimum Gasteiger partial charge on any atom is -0.347 e. The Morgan fingerprint density at radius 2 is 1.26 bits per heavy atom. The fraction of sp³-hybridized carbons (Fsp3) is 0.813. The van der Waals surface area contributed by atoms with Gasteiger partial charge in [-0.3, -0.25) is 57.5 Å². The van der Waals surface area contributed by atoms with Crippen LogP contribution in [0.5, 0.6) is 0 Å². The smallest absolute Gasteiger partial charge is 0.347 e. The molecule has 104 heavy (non-hydrogen) atoms. The van der Waals surface area contributed by atoms with E-state index in [0.717, 1.165) is 35.5 Å². The molecule has 0 aromatic carbocycles. The van der Waals surface area contributed by atoms with Crippen molar-refractivity contribution < 1.29 is 79.5 Å². The highest BCUT2D eigenvalue weighted by Crippen LogP contribution is 2.45. The number of nitrogens with zero attached hydrogens (tertiary/aromatic N) is 9. The molecule has 1 spiro atoms. The van der Waals surface area contributed by atoms with Crippen molar-refractivity contribution in [2.24, 2.45) is 41.4 Å². The van der Waals surface area contributed by atoms with Crippen molar-refractivity contribution in [1.29, 1.82) is 0 Å². The van der Waals surface area contributed by atoms with Gasteiger partial charge >= 0.3 is 6.18 Å². The van der Waals surface area contributed by atoms with Gasteiger partial charge in [0.05, 0.1) is 19.5 Å². The molecule has 2 bridgehead atoms. The van der Waals surface area contributed by atoms with E-state index in [2.05, 4.69) is 22.9 Å². The third-order valence-electron chi connectivity index (χ3n) is 24.2. The van der Waals surface area contributed by atoms with Gasteiger partial charge in [-0.25, -0.2) is 8.78 Å². The van der Waals surface area contributed by atoms with Gasteiger partial charge in [0.25, 0.3) is 0 Å². The van der Waals surface area contributed by atoms with Crippen LogP contribution in [0.3, 0.4) is 0 Å². The van der Waals surface area contributed by atoms with Crippen LogP contribution in [0.4, 0.5) is 22.0 Å². The summed E-state index contributed by atoms with van der Waals surface area (Å²) in [6, 6.07) is -10.3. The zero-order valence-corrected chi connectivity index (χ0v) is 63.8. The highest BCUT2D eigenvalue weighted by molar-refractivity contribution is 6.01. The van der Waals surface area contributed by atoms with E-state index in [1.54, 1.807) is 13.0 Å². The quantitative estimate of drug-likeness (QED) is 0.138. The van der Waals surface area contributed by atoms with Crippen molar-refractivity contribution >= 4 is 70.9 Å². The number of fused-ring (bicyclic) bond motifs is 3. The number of alkyl halides is 5. The number of hydrogen-bond donors (Lipinski definition) is 3. The largest absolute Gasteiger partial charge is 0.397 e. The van der Waals surface area contributed by atoms with Crippen molar-refractivity contribution in [3.05, 3.63) is 12.2 Å². The zero-order valence-electron chi connectivity index (χ0n) is 63.8. The fourth-order valence-corrected chi connectivity index (χ4v) is 17.2. The molecule has 3 N–H and O–H groups in total. The predicted molar refractivity (Wildman–Crippen MR) is 379 cm³/mol. The summed E-state index contributed by atoms with van der Waals surface area (Å²) >= 11 is 0. The minimum absolute atomic E-state index is 0.0208. The van der Waals surface area contributed by atoms with E-state index in [-0.39, 0.29) is 76.3 Å². The summed E-state index contributed by atoms with van der Waals surface area (Å²) in [6.45, 7) is 8.15. The maximum Gasteiger partial charge on any atom is 0.397 e. The molecule has 6 fully saturated rings. The lowest BCUT2D eigenvalue weighted by molar-refractivity contribution is -0.219. The molecule has 4 saturated carbocycles. The van der Waals surface area contributed by atoms with Gasteiger partial charge in [-0.2, -0.15) is 13.2 Å². The topological polar surface area (TPSA) is 270 Å². The molecular weight excluding hydrogens is 1360 g/mol. The molecular formula is C75H119F5N12O12. The predicted octanol–water partition coefficient (Wildman–Crippen LogP) is 6.57. The summed E-state index contributed by atoms with van der Waals surface area (Å²) in [5, 5.41) is 8.71. The number of likely N-dealkylation sites (N-methyl/N-ethyl adjacent to an activating group) is 7. The lowest BCUT2D eigenvalue weighted by Crippen LogP contribution is -2.65. The Hall–Kier alpha value is -6.97. The van der Waals surface area contributed by atoms with Gasteiger partial charge in [-0.15, -0.1) is 0 Å². The van der Waals surface area contributed by atoms with Crippen LogP contribution in [0, 0.1) is 41.4 Å². The van der Waals surface area contributed by atoms with Crippen LogP contribution in [-0.2, 0) is 57.5 Å². The molecule has 0 aromatic heterocycles. The third-order valence-corrected chi connectivity index (χ3v) is 24.2. The van der Waals surface area contributed by atoms with Gasteiger partial charge in [0, 0.05) is 69.5 Å². The minimum atomic E-state index is -5.16. The monoisotopic (exact) mass is 1470 g/mol. The number of amides is 12. The van der Waals surface area contributed by atoms with E-state index < -0.39 is 199 Å². The second-order valence-corrected chi connectivity index (χ2v) is 31.7. The molecule has 2 saturated heterocycles. The number of nitrogens with one attached hydrogen (secondary N) is 3. The van der Waals surface area contributed by atoms with Gasteiger partial charge in [-0.05, 0) is 119 Å². The zero-order chi connectivity index (χ0) is 77.0. The van der Waals surface area contributed by atoms with Crippen molar-refractivity contribution in [2.45, 2.75) is 268 Å². The molecule has 0 radical (unpaired) electrons. The first kappa shape index (κ1) is 84.3. The molecule has 3 heterocycles. The maximum atomic E-state index is 15.7. The molecule has 586 valence electrons. The fourth-order valence-electron chi connectivity index (χ4n) is 17.2. The van der Waals surface area contributed by atoms with E-state index in [0.29, 0.717) is 70.1 Å². The number of carbonyl (C=O) groups excluding carboxylic acids is 12. The molecule has 0 aromatic rings. The Balaban J connectivity index is 1.31. The number of rotatable bonds is 12. The van der Waals surface area contributed by atoms with Crippen LogP contribution in [-0.4, -0.2) is 270 Å². The van der Waals surface area contributed by atoms with E-state index in [4.69, 9.17) is 0 Å². The van der Waals surface area contributed by atoms with Gasteiger partial charge in [0.15, 0.2) is 0 Å². The highest BCUT2D eigenvalue weighted by Gasteiger charge is 2.55. The Morgan fingerprint density at radius 3 is 1.85 bits per heavy atom. The molecule has 12 atom stereocenters. The lowest BCUT2D eigenvalue weighted by atomic mass is 9.76. The Bertz CT molecular complexity index is 3070. The van der Waals surface area contributed by atoms with Crippen LogP contribution < -0.4 is 16.0 Å². The third kappa shape index (κ3) is 20.2. The van der Waals surface area contributed by atoms with Gasteiger partial charge < -0.3 is 60.0 Å². The normalized spacial score (nSPS) is 32.6. The molecule has 7 rings (SSSR count). The number of carbonyl (C=O) groups is 12. The molecule has 2 unspecified atom stereocenters. The van der Waals surface area contributed by atoms with E-state index in [1.807, 2.05) is 26.8 Å². The second kappa shape index (κ2) is 37.0. The Kier molecular flexibility index (Phi) is 30.0. The molecule has 29 heteroatoms. The SMILES string of the molecule is CCC[C@H]1C(=O)N[C@@H]([C@@H](C)CC)C(=O)N(C)CC(=O)N(C)[C@H]2C/C=C\CCN(C2=O)[C@@H](CC2CCC(C)CC2)C(=O)N(C)CC(=O)N[C@@H](CCC2CC(F)C(C(F)(F)F)C(F)C2)C(=O)N2C[C@H](CC)C[C@H]2C(=O)NC2(CCCC2)C(=O)N(C)[C@@H](C2CCCC2)C(=O)N(C)[C@H](C(=O)N(C)C)CC(=O)N1C. The second-order valence-electron chi connectivity index (χ2n) is 31.7. The molecule has 12 amide bonds. The average Bonchev–Trinajstić information content (AvgIpc) is 1.51. The van der Waals surface area contributed by atoms with E-state index >= 15 is 37.5 Å². The summed E-state index contributed by atoms with van der Waals surface area (Å²) < 4.78 is 72.8. The molecule has 4 aliphatic carbocycles. The van der Waals surface area contributed by atoms with Crippen LogP contribution in [0.25, 0.3) is 0 Å². The Labute approximate surface area is 611 Å². The van der Waals surface area contributed by atoms with Crippen molar-refractivity contribution in [3.63, 3.8) is 0 Å². The summed E-state index contributed by atoms with van der Waals surface area (Å²) in [6.07, 6.45) is -0.424. The first-order valence-electron chi connectivity index (χ1n) is 38.3. The van der Waals surface area contributed by atoms with E-state index in [1.165, 1.54) is 90.7 Å². The molecule has 24 nitrogen and oxygen atoms in total. The van der Waals surface area contributed by atoms with Gasteiger partial charge in [-0.1, -0.05) is 117 Å². The summed E-state index contributed by atoms with van der Waals surface area (Å²) in [5.74, 6) is -12.9. The summed E-state index contributed by atoms with van der Waals surface area (Å²) in [5.41, 5.74) is -1.63. The van der Waals surface area contributed by atoms with Crippen LogP contribution in [0.2, 0.25) is 0 Å². The highest BCUT2D eigenvalue weighted by atomic mass is 19.4. The van der Waals surface area contributed by atoms with Crippen molar-refractivity contribution in [2.75, 3.05) is 82.6 Å². The standard InChI is InChI=1S/C75H119F5N12O12/c1-14-24-54-65(96)82-63(46(5)15-2)71(102)86(9)44-61(95)88(11)55-27-18-17-23-36-91(70(55)101)58(40-48-30-28-45(4)29-31-48)69(100)85(8)43-59(93)81-53(33-32-49-37-51(76)62(52(77)38-49)75(78,79)80)67(98)92-42-47(16-3)39-56(92)66(97)83-74(34-21-22-35-74)73(104)90(13)64(50-25-19-20-26-50)72(103)89(12)57(68(99)84(6)7)41-60(94)87(54)10/h17-18,45-58,62-64H,14-16,19-44H2,1-13H3,(H,81,93)(H,82,96)(H,83,97)/b18-17-/t45?,46-,47+,48?,49?,51?,52?,53-,54-,55-,56-,57-,58-,62?,63-,64-/m0/s1. The average molecular weight is 1480 g/mol. The summed E-state index contributed by atoms with van der Waals surface area (Å²) in [4.78, 5) is 192. The maximum absolute atomic E-state index is 15.7. The first-order valence-corrected chi connectivity index (χ1v) is 38.3. The summed E-state index contributed by atoms with van der Waals surface area (Å²) in [7, 11) is 11.4. The van der Waals surface area contributed by atoms with Crippen LogP contribution in [0.15, 0.2) is 12.2 Å². The van der Waals surface area contributed by atoms with Crippen molar-refractivity contribution in [3.8, 4) is 0 Å². The first-order chi connectivity index (χ1) is 49.0. The Morgan fingerprint density at radius 1 is 0.635 bits per heavy atom. The molecule has 3 aliphatic heterocycles. The van der Waals surface area contributed by atoms with E-state index in [9.17, 15) is 41.9 Å². The number of halogens is 5. The van der Waals surface area contributed by atoms with Gasteiger partial charge in [0.1, 0.15) is 72.1 Å². The number of hydrogen-bond acceptors (Lipinski definition) is 12. The van der Waals surface area contributed by atoms with Gasteiger partial charge in [0.2, 0.25) is 70.9 Å². The van der Waals surface area contributed by atoms with Crippen LogP contribution in [0.1, 0.15) is 195 Å².